The molecular formula is C26H31N3O5. The van der Waals surface area contributed by atoms with Gasteiger partial charge in [-0.05, 0) is 55.6 Å². The average Bonchev–Trinajstić information content (AvgIpc) is 3.09. The number of aliphatic carboxylic acids is 1. The Balaban J connectivity index is 1.36. The van der Waals surface area contributed by atoms with E-state index < -0.39 is 29.6 Å². The SMILES string of the molecule is CN(C)C[C@H](NC(=O)CC1(NC(=O)OCC2c3ccccc3-c3ccccc32)CCC1)C(=O)O. The van der Waals surface area contributed by atoms with E-state index in [1.54, 1.807) is 19.0 Å². The van der Waals surface area contributed by atoms with Crippen LogP contribution in [0, 0.1) is 0 Å². The fourth-order valence-electron chi connectivity index (χ4n) is 4.90. The zero-order chi connectivity index (χ0) is 24.3. The molecule has 2 amide bonds. The number of ether oxygens (including phenoxy) is 1. The van der Waals surface area contributed by atoms with Gasteiger partial charge in [0, 0.05) is 18.9 Å². The van der Waals surface area contributed by atoms with Crippen LogP contribution in [0.3, 0.4) is 0 Å². The molecule has 8 heteroatoms. The van der Waals surface area contributed by atoms with Crippen LogP contribution in [0.5, 0.6) is 0 Å². The lowest BCUT2D eigenvalue weighted by molar-refractivity contribution is -0.142. The first-order valence-corrected chi connectivity index (χ1v) is 11.6. The Morgan fingerprint density at radius 2 is 1.65 bits per heavy atom. The molecule has 0 radical (unpaired) electrons. The second-order valence-corrected chi connectivity index (χ2v) is 9.48. The second-order valence-electron chi connectivity index (χ2n) is 9.48. The minimum absolute atomic E-state index is 0.0222. The number of nitrogens with zero attached hydrogens (tertiary/aromatic N) is 1. The number of alkyl carbamates (subject to hydrolysis) is 1. The predicted octanol–water partition coefficient (Wildman–Crippen LogP) is 2.97. The molecule has 180 valence electrons. The van der Waals surface area contributed by atoms with Gasteiger partial charge in [0.15, 0.2) is 0 Å². The minimum atomic E-state index is -1.09. The molecule has 0 aromatic heterocycles. The minimum Gasteiger partial charge on any atom is -0.480 e. The number of carboxylic acids is 1. The molecule has 0 heterocycles. The summed E-state index contributed by atoms with van der Waals surface area (Å²) in [5.41, 5.74) is 3.88. The lowest BCUT2D eigenvalue weighted by Gasteiger charge is -2.41. The van der Waals surface area contributed by atoms with Crippen molar-refractivity contribution in [3.8, 4) is 11.1 Å². The fraction of sp³-hybridized carbons (Fsp3) is 0.423. The Kier molecular flexibility index (Phi) is 6.88. The number of rotatable bonds is 9. The molecule has 0 aliphatic heterocycles. The third-order valence-electron chi connectivity index (χ3n) is 6.70. The van der Waals surface area contributed by atoms with Crippen molar-refractivity contribution in [1.82, 2.24) is 15.5 Å². The number of nitrogens with one attached hydrogen (secondary N) is 2. The molecule has 1 fully saturated rings. The second kappa shape index (κ2) is 9.85. The van der Waals surface area contributed by atoms with Crippen LogP contribution in [0.15, 0.2) is 48.5 Å². The fourth-order valence-corrected chi connectivity index (χ4v) is 4.90. The third-order valence-corrected chi connectivity index (χ3v) is 6.70. The van der Waals surface area contributed by atoms with Crippen molar-refractivity contribution in [1.29, 1.82) is 0 Å². The molecule has 2 aromatic rings. The van der Waals surface area contributed by atoms with E-state index in [9.17, 15) is 19.5 Å². The van der Waals surface area contributed by atoms with Gasteiger partial charge in [-0.2, -0.15) is 0 Å². The number of fused-ring (bicyclic) bond motifs is 3. The van der Waals surface area contributed by atoms with Crippen molar-refractivity contribution in [3.05, 3.63) is 59.7 Å². The first kappa shape index (κ1) is 23.8. The number of carbonyl (C=O) groups excluding carboxylic acids is 2. The van der Waals surface area contributed by atoms with Crippen LogP contribution >= 0.6 is 0 Å². The van der Waals surface area contributed by atoms with Gasteiger partial charge in [-0.25, -0.2) is 9.59 Å². The summed E-state index contributed by atoms with van der Waals surface area (Å²) in [5, 5.41) is 14.8. The van der Waals surface area contributed by atoms with E-state index in [1.165, 1.54) is 0 Å². The van der Waals surface area contributed by atoms with Crippen LogP contribution in [0.25, 0.3) is 11.1 Å². The van der Waals surface area contributed by atoms with E-state index in [2.05, 4.69) is 34.9 Å². The summed E-state index contributed by atoms with van der Waals surface area (Å²) in [4.78, 5) is 38.5. The van der Waals surface area contributed by atoms with Gasteiger partial charge >= 0.3 is 12.1 Å². The van der Waals surface area contributed by atoms with Crippen LogP contribution in [-0.4, -0.2) is 66.8 Å². The first-order valence-electron chi connectivity index (χ1n) is 11.6. The van der Waals surface area contributed by atoms with E-state index in [-0.39, 0.29) is 25.5 Å². The average molecular weight is 466 g/mol. The number of carbonyl (C=O) groups is 3. The van der Waals surface area contributed by atoms with Gasteiger partial charge in [-0.1, -0.05) is 48.5 Å². The molecule has 2 aliphatic carbocycles. The zero-order valence-electron chi connectivity index (χ0n) is 19.5. The number of carboxylic acid groups (broad SMARTS) is 1. The number of hydrogen-bond acceptors (Lipinski definition) is 5. The highest BCUT2D eigenvalue weighted by molar-refractivity contribution is 5.85. The summed E-state index contributed by atoms with van der Waals surface area (Å²) in [6.07, 6.45) is 1.65. The number of amides is 2. The van der Waals surface area contributed by atoms with E-state index in [0.717, 1.165) is 28.7 Å². The Hall–Kier alpha value is -3.39. The normalized spacial score (nSPS) is 16.7. The van der Waals surface area contributed by atoms with E-state index >= 15 is 0 Å². The van der Waals surface area contributed by atoms with Crippen LogP contribution in [0.4, 0.5) is 4.79 Å². The maximum absolute atomic E-state index is 12.7. The van der Waals surface area contributed by atoms with Crippen molar-refractivity contribution in [3.63, 3.8) is 0 Å². The van der Waals surface area contributed by atoms with E-state index in [4.69, 9.17) is 4.74 Å². The van der Waals surface area contributed by atoms with Gasteiger partial charge in [0.1, 0.15) is 12.6 Å². The summed E-state index contributed by atoms with van der Waals surface area (Å²) in [6, 6.07) is 15.3. The molecule has 0 spiro atoms. The summed E-state index contributed by atoms with van der Waals surface area (Å²) in [6.45, 7) is 0.389. The first-order chi connectivity index (χ1) is 16.3. The van der Waals surface area contributed by atoms with Crippen molar-refractivity contribution >= 4 is 18.0 Å². The molecular weight excluding hydrogens is 434 g/mol. The largest absolute Gasteiger partial charge is 0.480 e. The highest BCUT2D eigenvalue weighted by atomic mass is 16.5. The van der Waals surface area contributed by atoms with Gasteiger partial charge < -0.3 is 25.4 Å². The smallest absolute Gasteiger partial charge is 0.407 e. The molecule has 0 unspecified atom stereocenters. The Labute approximate surface area is 199 Å². The molecule has 4 rings (SSSR count). The van der Waals surface area contributed by atoms with Crippen LogP contribution < -0.4 is 10.6 Å². The van der Waals surface area contributed by atoms with Gasteiger partial charge in [0.25, 0.3) is 0 Å². The monoisotopic (exact) mass is 465 g/mol. The number of likely N-dealkylation sites (N-methyl/N-ethyl adjacent to an activating group) is 1. The van der Waals surface area contributed by atoms with Gasteiger partial charge in [0.2, 0.25) is 5.91 Å². The van der Waals surface area contributed by atoms with Gasteiger partial charge in [0.05, 0.1) is 5.54 Å². The Bertz CT molecular complexity index is 1030. The van der Waals surface area contributed by atoms with Crippen molar-refractivity contribution in [2.24, 2.45) is 0 Å². The molecule has 2 aromatic carbocycles. The van der Waals surface area contributed by atoms with Gasteiger partial charge in [-0.15, -0.1) is 0 Å². The summed E-state index contributed by atoms with van der Waals surface area (Å²) < 4.78 is 5.64. The third kappa shape index (κ3) is 5.07. The van der Waals surface area contributed by atoms with Crippen molar-refractivity contribution in [2.75, 3.05) is 27.2 Å². The van der Waals surface area contributed by atoms with E-state index in [1.807, 2.05) is 24.3 Å². The van der Waals surface area contributed by atoms with E-state index in [0.29, 0.717) is 12.8 Å². The van der Waals surface area contributed by atoms with Crippen LogP contribution in [-0.2, 0) is 14.3 Å². The Morgan fingerprint density at radius 1 is 1.06 bits per heavy atom. The summed E-state index contributed by atoms with van der Waals surface area (Å²) >= 11 is 0. The maximum atomic E-state index is 12.7. The molecule has 0 saturated heterocycles. The topological polar surface area (TPSA) is 108 Å². The lowest BCUT2D eigenvalue weighted by Crippen LogP contribution is -2.57. The summed E-state index contributed by atoms with van der Waals surface area (Å²) in [5.74, 6) is -1.52. The molecule has 1 atom stereocenters. The molecule has 3 N–H and O–H groups in total. The molecule has 34 heavy (non-hydrogen) atoms. The van der Waals surface area contributed by atoms with Crippen molar-refractivity contribution < 1.29 is 24.2 Å². The molecule has 2 aliphatic rings. The number of hydrogen-bond donors (Lipinski definition) is 3. The highest BCUT2D eigenvalue weighted by Gasteiger charge is 2.41. The number of benzene rings is 2. The predicted molar refractivity (Wildman–Crippen MR) is 128 cm³/mol. The molecule has 0 bridgehead atoms. The van der Waals surface area contributed by atoms with Gasteiger partial charge in [-0.3, -0.25) is 4.79 Å². The Morgan fingerprint density at radius 3 is 2.15 bits per heavy atom. The van der Waals surface area contributed by atoms with Crippen LogP contribution in [0.2, 0.25) is 0 Å². The zero-order valence-corrected chi connectivity index (χ0v) is 19.5. The van der Waals surface area contributed by atoms with Crippen molar-refractivity contribution in [2.45, 2.75) is 43.2 Å². The van der Waals surface area contributed by atoms with Crippen LogP contribution in [0.1, 0.15) is 42.7 Å². The quantitative estimate of drug-likeness (QED) is 0.526. The lowest BCUT2D eigenvalue weighted by atomic mass is 9.74. The maximum Gasteiger partial charge on any atom is 0.407 e. The standard InChI is InChI=1S/C26H31N3O5/c1-29(2)15-22(24(31)32)27-23(30)14-26(12-7-13-26)28-25(33)34-16-21-19-10-5-3-8-17(19)18-9-4-6-11-20(18)21/h3-6,8-11,21-22H,7,12-16H2,1-2H3,(H,27,30)(H,28,33)(H,31,32)/t22-/m0/s1. The molecule has 8 nitrogen and oxygen atoms in total. The summed E-state index contributed by atoms with van der Waals surface area (Å²) in [7, 11) is 3.49. The highest BCUT2D eigenvalue weighted by Crippen LogP contribution is 2.44. The molecule has 1 saturated carbocycles.